The van der Waals surface area contributed by atoms with E-state index in [1.165, 1.54) is 11.1 Å². The first-order chi connectivity index (χ1) is 10.1. The number of hydrogen-bond acceptors (Lipinski definition) is 3. The fourth-order valence-electron chi connectivity index (χ4n) is 2.67. The molecule has 1 aliphatic heterocycles. The van der Waals surface area contributed by atoms with Crippen LogP contribution in [0.3, 0.4) is 0 Å². The minimum absolute atomic E-state index is 0.0870. The molecule has 0 bridgehead atoms. The lowest BCUT2D eigenvalue weighted by Crippen LogP contribution is -2.43. The third-order valence-corrected chi connectivity index (χ3v) is 4.06. The normalized spacial score (nSPS) is 15.8. The van der Waals surface area contributed by atoms with Gasteiger partial charge < -0.3 is 15.4 Å². The molecule has 21 heavy (non-hydrogen) atoms. The number of amides is 1. The van der Waals surface area contributed by atoms with Gasteiger partial charge in [0, 0.05) is 6.04 Å². The maximum atomic E-state index is 11.9. The molecule has 4 heteroatoms. The largest absolute Gasteiger partial charge is 0.493 e. The number of piperidine rings is 1. The second kappa shape index (κ2) is 7.46. The van der Waals surface area contributed by atoms with Gasteiger partial charge in [-0.15, -0.1) is 0 Å². The van der Waals surface area contributed by atoms with Crippen molar-refractivity contribution in [1.29, 1.82) is 0 Å². The van der Waals surface area contributed by atoms with E-state index in [0.717, 1.165) is 37.2 Å². The van der Waals surface area contributed by atoms with Crippen LogP contribution in [0.4, 0.5) is 0 Å². The number of hydrogen-bond donors (Lipinski definition) is 2. The smallest absolute Gasteiger partial charge is 0.223 e. The maximum Gasteiger partial charge on any atom is 0.223 e. The first-order valence-electron chi connectivity index (χ1n) is 7.77. The molecule has 1 fully saturated rings. The van der Waals surface area contributed by atoms with Gasteiger partial charge in [0.15, 0.2) is 0 Å². The van der Waals surface area contributed by atoms with Crippen LogP contribution < -0.4 is 15.4 Å². The third-order valence-electron chi connectivity index (χ3n) is 4.06. The van der Waals surface area contributed by atoms with Crippen molar-refractivity contribution < 1.29 is 9.53 Å². The fourth-order valence-corrected chi connectivity index (χ4v) is 2.67. The van der Waals surface area contributed by atoms with Crippen LogP contribution in [0.25, 0.3) is 0 Å². The van der Waals surface area contributed by atoms with Crippen molar-refractivity contribution in [3.63, 3.8) is 0 Å². The van der Waals surface area contributed by atoms with Gasteiger partial charge in [0.1, 0.15) is 5.75 Å². The number of carbonyl (C=O) groups is 1. The quantitative estimate of drug-likeness (QED) is 0.874. The Kier molecular flexibility index (Phi) is 5.62. The van der Waals surface area contributed by atoms with Gasteiger partial charge in [0.25, 0.3) is 0 Å². The Morgan fingerprint density at radius 1 is 1.29 bits per heavy atom. The second-order valence-electron chi connectivity index (χ2n) is 5.90. The van der Waals surface area contributed by atoms with Gasteiger partial charge in [0.2, 0.25) is 5.91 Å². The summed E-state index contributed by atoms with van der Waals surface area (Å²) < 4.78 is 5.79. The molecule has 0 spiro atoms. The highest BCUT2D eigenvalue weighted by molar-refractivity contribution is 5.76. The average Bonchev–Trinajstić information content (AvgIpc) is 2.45. The van der Waals surface area contributed by atoms with Crippen molar-refractivity contribution in [3.8, 4) is 5.75 Å². The highest BCUT2D eigenvalue weighted by Gasteiger charge is 2.15. The molecule has 116 valence electrons. The predicted octanol–water partition coefficient (Wildman–Crippen LogP) is 2.25. The van der Waals surface area contributed by atoms with Gasteiger partial charge in [-0.1, -0.05) is 6.07 Å². The number of ether oxygens (including phenoxy) is 1. The molecule has 1 aliphatic rings. The minimum atomic E-state index is 0.0870. The first-order valence-corrected chi connectivity index (χ1v) is 7.77. The highest BCUT2D eigenvalue weighted by atomic mass is 16.5. The predicted molar refractivity (Wildman–Crippen MR) is 84.8 cm³/mol. The summed E-state index contributed by atoms with van der Waals surface area (Å²) in [7, 11) is 0. The highest BCUT2D eigenvalue weighted by Crippen LogP contribution is 2.23. The number of rotatable bonds is 5. The third kappa shape index (κ3) is 4.74. The fraction of sp³-hybridized carbons (Fsp3) is 0.588. The van der Waals surface area contributed by atoms with Gasteiger partial charge in [-0.05, 0) is 69.5 Å². The van der Waals surface area contributed by atoms with Crippen molar-refractivity contribution in [3.05, 3.63) is 28.8 Å². The molecule has 1 aromatic carbocycles. The van der Waals surface area contributed by atoms with Gasteiger partial charge in [0.05, 0.1) is 13.0 Å². The summed E-state index contributed by atoms with van der Waals surface area (Å²) in [5.74, 6) is 0.978. The van der Waals surface area contributed by atoms with Crippen LogP contribution in [0.2, 0.25) is 0 Å². The van der Waals surface area contributed by atoms with Crippen LogP contribution in [0.1, 0.15) is 36.0 Å². The van der Waals surface area contributed by atoms with Crippen molar-refractivity contribution in [2.75, 3.05) is 19.7 Å². The summed E-state index contributed by atoms with van der Waals surface area (Å²) in [6.07, 6.45) is 2.45. The molecule has 0 saturated carbocycles. The minimum Gasteiger partial charge on any atom is -0.493 e. The molecule has 2 N–H and O–H groups in total. The first kappa shape index (κ1) is 15.8. The Morgan fingerprint density at radius 2 is 2.00 bits per heavy atom. The van der Waals surface area contributed by atoms with E-state index in [1.54, 1.807) is 0 Å². The van der Waals surface area contributed by atoms with Gasteiger partial charge in [-0.3, -0.25) is 4.79 Å². The van der Waals surface area contributed by atoms with Crippen LogP contribution in [-0.2, 0) is 4.79 Å². The van der Waals surface area contributed by atoms with Crippen LogP contribution in [0, 0.1) is 20.8 Å². The van der Waals surface area contributed by atoms with Gasteiger partial charge in [-0.2, -0.15) is 0 Å². The molecule has 1 saturated heterocycles. The summed E-state index contributed by atoms with van der Waals surface area (Å²) in [5.41, 5.74) is 3.57. The zero-order chi connectivity index (χ0) is 15.2. The van der Waals surface area contributed by atoms with Crippen LogP contribution >= 0.6 is 0 Å². The Balaban J connectivity index is 1.77. The van der Waals surface area contributed by atoms with Crippen molar-refractivity contribution in [2.24, 2.45) is 0 Å². The van der Waals surface area contributed by atoms with Crippen molar-refractivity contribution in [2.45, 2.75) is 46.1 Å². The Bertz CT molecular complexity index is 494. The van der Waals surface area contributed by atoms with Gasteiger partial charge >= 0.3 is 0 Å². The lowest BCUT2D eigenvalue weighted by molar-refractivity contribution is -0.122. The van der Waals surface area contributed by atoms with Crippen LogP contribution in [-0.4, -0.2) is 31.6 Å². The topological polar surface area (TPSA) is 50.4 Å². The van der Waals surface area contributed by atoms with Crippen molar-refractivity contribution in [1.82, 2.24) is 10.6 Å². The zero-order valence-electron chi connectivity index (χ0n) is 13.3. The summed E-state index contributed by atoms with van der Waals surface area (Å²) in [6.45, 7) is 8.61. The van der Waals surface area contributed by atoms with Crippen molar-refractivity contribution >= 4 is 5.91 Å². The lowest BCUT2D eigenvalue weighted by atomic mass is 10.1. The van der Waals surface area contributed by atoms with E-state index in [-0.39, 0.29) is 5.91 Å². The number of nitrogens with one attached hydrogen (secondary N) is 2. The molecule has 0 atom stereocenters. The molecule has 2 rings (SSSR count). The number of carbonyl (C=O) groups excluding carboxylic acids is 1. The SMILES string of the molecule is Cc1cc(C)c(C)c(OCCC(=O)NC2CCNCC2)c1. The monoisotopic (exact) mass is 290 g/mol. The Labute approximate surface area is 127 Å². The van der Waals surface area contributed by atoms with E-state index in [0.29, 0.717) is 19.1 Å². The van der Waals surface area contributed by atoms with E-state index in [4.69, 9.17) is 4.74 Å². The summed E-state index contributed by atoms with van der Waals surface area (Å²) in [4.78, 5) is 11.9. The Morgan fingerprint density at radius 3 is 2.71 bits per heavy atom. The van der Waals surface area contributed by atoms with E-state index >= 15 is 0 Å². The Hall–Kier alpha value is -1.55. The number of benzene rings is 1. The molecule has 0 radical (unpaired) electrons. The van der Waals surface area contributed by atoms with Crippen LogP contribution in [0.15, 0.2) is 12.1 Å². The lowest BCUT2D eigenvalue weighted by Gasteiger charge is -2.23. The standard InChI is InChI=1S/C17H26N2O2/c1-12-10-13(2)14(3)16(11-12)21-9-6-17(20)19-15-4-7-18-8-5-15/h10-11,15,18H,4-9H2,1-3H3,(H,19,20). The van der Waals surface area contributed by atoms with E-state index in [1.807, 2.05) is 6.07 Å². The molecule has 0 aliphatic carbocycles. The molecule has 1 amide bonds. The van der Waals surface area contributed by atoms with Gasteiger partial charge in [-0.25, -0.2) is 0 Å². The maximum absolute atomic E-state index is 11.9. The van der Waals surface area contributed by atoms with E-state index in [2.05, 4.69) is 37.5 Å². The molecule has 1 heterocycles. The summed E-state index contributed by atoms with van der Waals surface area (Å²) in [6, 6.07) is 4.50. The molecular formula is C17H26N2O2. The van der Waals surface area contributed by atoms with E-state index < -0.39 is 0 Å². The average molecular weight is 290 g/mol. The molecule has 1 aromatic rings. The molecule has 0 aromatic heterocycles. The zero-order valence-corrected chi connectivity index (χ0v) is 13.3. The number of aryl methyl sites for hydroxylation is 2. The van der Waals surface area contributed by atoms with Crippen LogP contribution in [0.5, 0.6) is 5.75 Å². The van der Waals surface area contributed by atoms with E-state index in [9.17, 15) is 4.79 Å². The summed E-state index contributed by atoms with van der Waals surface area (Å²) in [5, 5.41) is 6.38. The summed E-state index contributed by atoms with van der Waals surface area (Å²) >= 11 is 0. The second-order valence-corrected chi connectivity index (χ2v) is 5.90. The molecular weight excluding hydrogens is 264 g/mol. The molecule has 4 nitrogen and oxygen atoms in total. The molecule has 0 unspecified atom stereocenters.